The van der Waals surface area contributed by atoms with Crippen LogP contribution in [0.1, 0.15) is 0 Å². The molecular formula is C11H8BNO3. The lowest BCUT2D eigenvalue weighted by Gasteiger charge is -1.95. The first kappa shape index (κ1) is 9.39. The van der Waals surface area contributed by atoms with Gasteiger partial charge in [-0.05, 0) is 11.5 Å². The predicted molar refractivity (Wildman–Crippen MR) is 61.3 cm³/mol. The molecule has 0 radical (unpaired) electrons. The van der Waals surface area contributed by atoms with Crippen LogP contribution < -0.4 is 5.79 Å². The fourth-order valence-corrected chi connectivity index (χ4v) is 1.79. The zero-order chi connectivity index (χ0) is 11.1. The van der Waals surface area contributed by atoms with Gasteiger partial charge >= 0.3 is 7.12 Å². The highest BCUT2D eigenvalue weighted by molar-refractivity contribution is 6.56. The van der Waals surface area contributed by atoms with Gasteiger partial charge in [0, 0.05) is 5.39 Å². The van der Waals surface area contributed by atoms with Crippen LogP contribution in [-0.4, -0.2) is 22.2 Å². The molecule has 0 aliphatic rings. The van der Waals surface area contributed by atoms with E-state index in [0.29, 0.717) is 11.1 Å². The second kappa shape index (κ2) is 3.33. The molecule has 0 fully saturated rings. The van der Waals surface area contributed by atoms with Crippen molar-refractivity contribution in [1.29, 1.82) is 0 Å². The Morgan fingerprint density at radius 2 is 1.88 bits per heavy atom. The third kappa shape index (κ3) is 1.30. The lowest BCUT2D eigenvalue weighted by Crippen LogP contribution is -2.30. The molecule has 2 aromatic carbocycles. The van der Waals surface area contributed by atoms with Gasteiger partial charge in [0.05, 0.1) is 0 Å². The van der Waals surface area contributed by atoms with Gasteiger partial charge in [-0.25, -0.2) is 4.98 Å². The van der Waals surface area contributed by atoms with Crippen molar-refractivity contribution in [2.75, 3.05) is 0 Å². The average Bonchev–Trinajstić information content (AvgIpc) is 2.73. The molecule has 0 saturated heterocycles. The third-order valence-electron chi connectivity index (χ3n) is 2.52. The molecule has 1 heterocycles. The van der Waals surface area contributed by atoms with Gasteiger partial charge < -0.3 is 14.5 Å². The van der Waals surface area contributed by atoms with Crippen LogP contribution in [0, 0.1) is 0 Å². The van der Waals surface area contributed by atoms with Crippen LogP contribution >= 0.6 is 0 Å². The highest BCUT2D eigenvalue weighted by Crippen LogP contribution is 2.22. The van der Waals surface area contributed by atoms with Gasteiger partial charge in [-0.3, -0.25) is 0 Å². The number of hydrogen-bond acceptors (Lipinski definition) is 4. The van der Waals surface area contributed by atoms with E-state index in [2.05, 4.69) is 4.98 Å². The van der Waals surface area contributed by atoms with Crippen LogP contribution in [-0.2, 0) is 0 Å². The predicted octanol–water partition coefficient (Wildman–Crippen LogP) is 0.661. The maximum Gasteiger partial charge on any atom is 0.548 e. The molecule has 3 rings (SSSR count). The second-order valence-corrected chi connectivity index (χ2v) is 3.56. The number of fused-ring (bicyclic) bond motifs is 3. The Balaban J connectivity index is 2.41. The first-order valence-corrected chi connectivity index (χ1v) is 4.90. The monoisotopic (exact) mass is 213 g/mol. The number of hydrogen-bond donors (Lipinski definition) is 2. The van der Waals surface area contributed by atoms with Crippen molar-refractivity contribution in [2.24, 2.45) is 0 Å². The molecule has 0 atom stereocenters. The average molecular weight is 213 g/mol. The number of benzene rings is 2. The molecule has 0 unspecified atom stereocenters. The molecule has 3 aromatic rings. The number of rotatable bonds is 1. The lowest BCUT2D eigenvalue weighted by molar-refractivity contribution is 0.409. The Hall–Kier alpha value is -1.85. The Kier molecular flexibility index (Phi) is 1.95. The topological polar surface area (TPSA) is 66.5 Å². The number of nitrogens with zero attached hydrogens (tertiary/aromatic N) is 1. The van der Waals surface area contributed by atoms with Gasteiger partial charge in [0.1, 0.15) is 5.52 Å². The van der Waals surface area contributed by atoms with E-state index < -0.39 is 7.12 Å². The van der Waals surface area contributed by atoms with Gasteiger partial charge in [-0.2, -0.15) is 0 Å². The van der Waals surface area contributed by atoms with Gasteiger partial charge in [0.2, 0.25) is 5.79 Å². The largest absolute Gasteiger partial charge is 0.548 e. The lowest BCUT2D eigenvalue weighted by atomic mass is 9.93. The molecule has 78 valence electrons. The van der Waals surface area contributed by atoms with E-state index in [0.717, 1.165) is 10.8 Å². The molecule has 16 heavy (non-hydrogen) atoms. The Morgan fingerprint density at radius 3 is 2.69 bits per heavy atom. The number of aromatic nitrogens is 1. The van der Waals surface area contributed by atoms with Crippen molar-refractivity contribution in [3.05, 3.63) is 36.4 Å². The van der Waals surface area contributed by atoms with Crippen LogP contribution in [0.25, 0.3) is 21.9 Å². The van der Waals surface area contributed by atoms with Crippen molar-refractivity contribution in [3.63, 3.8) is 0 Å². The van der Waals surface area contributed by atoms with E-state index in [1.54, 1.807) is 6.07 Å². The highest BCUT2D eigenvalue weighted by Gasteiger charge is 2.19. The molecule has 2 N–H and O–H groups in total. The van der Waals surface area contributed by atoms with Gasteiger partial charge in [0.25, 0.3) is 0 Å². The molecule has 0 aliphatic carbocycles. The first-order valence-electron chi connectivity index (χ1n) is 4.90. The molecule has 0 bridgehead atoms. The van der Waals surface area contributed by atoms with E-state index in [-0.39, 0.29) is 5.79 Å². The minimum Gasteiger partial charge on any atom is -0.444 e. The van der Waals surface area contributed by atoms with E-state index >= 15 is 0 Å². The molecule has 0 saturated carbocycles. The standard InChI is InChI=1S/C11H8BNO3/c14-12(15)11-13-10-8-4-2-1-3-7(8)5-6-9(10)16-11/h1-6,14-15H. The molecule has 0 aliphatic heterocycles. The van der Waals surface area contributed by atoms with Gasteiger partial charge in [-0.15, -0.1) is 0 Å². The van der Waals surface area contributed by atoms with Crippen molar-refractivity contribution in [2.45, 2.75) is 0 Å². The van der Waals surface area contributed by atoms with Crippen LogP contribution in [0.2, 0.25) is 0 Å². The maximum absolute atomic E-state index is 9.00. The zero-order valence-corrected chi connectivity index (χ0v) is 8.29. The van der Waals surface area contributed by atoms with Crippen LogP contribution in [0.4, 0.5) is 0 Å². The summed E-state index contributed by atoms with van der Waals surface area (Å²) >= 11 is 0. The Bertz CT molecular complexity index is 662. The Labute approximate surface area is 91.3 Å². The Morgan fingerprint density at radius 1 is 1.06 bits per heavy atom. The minimum atomic E-state index is -1.67. The van der Waals surface area contributed by atoms with Gasteiger partial charge in [-0.1, -0.05) is 30.3 Å². The van der Waals surface area contributed by atoms with E-state index in [1.165, 1.54) is 0 Å². The number of oxazole rings is 1. The molecule has 0 spiro atoms. The molecule has 5 heteroatoms. The summed E-state index contributed by atoms with van der Waals surface area (Å²) in [4.78, 5) is 4.07. The van der Waals surface area contributed by atoms with Crippen LogP contribution in [0.3, 0.4) is 0 Å². The summed E-state index contributed by atoms with van der Waals surface area (Å²) in [6.45, 7) is 0. The quantitative estimate of drug-likeness (QED) is 0.582. The van der Waals surface area contributed by atoms with Crippen molar-refractivity contribution >= 4 is 34.8 Å². The highest BCUT2D eigenvalue weighted by atomic mass is 16.4. The molecule has 1 aromatic heterocycles. The normalized spacial score (nSPS) is 11.1. The molecule has 0 amide bonds. The summed E-state index contributed by atoms with van der Waals surface area (Å²) in [7, 11) is -1.67. The third-order valence-corrected chi connectivity index (χ3v) is 2.52. The fraction of sp³-hybridized carbons (Fsp3) is 0. The van der Waals surface area contributed by atoms with Crippen LogP contribution in [0.15, 0.2) is 40.8 Å². The summed E-state index contributed by atoms with van der Waals surface area (Å²) in [5.74, 6) is -0.0775. The molecular weight excluding hydrogens is 205 g/mol. The summed E-state index contributed by atoms with van der Waals surface area (Å²) < 4.78 is 5.23. The van der Waals surface area contributed by atoms with E-state index in [4.69, 9.17) is 14.5 Å². The summed E-state index contributed by atoms with van der Waals surface area (Å²) in [6.07, 6.45) is 0. The minimum absolute atomic E-state index is 0.0775. The SMILES string of the molecule is OB(O)c1nc2c(ccc3ccccc32)o1. The smallest absolute Gasteiger partial charge is 0.444 e. The van der Waals surface area contributed by atoms with Crippen molar-refractivity contribution < 1.29 is 14.5 Å². The van der Waals surface area contributed by atoms with E-state index in [1.807, 2.05) is 30.3 Å². The second-order valence-electron chi connectivity index (χ2n) is 3.56. The van der Waals surface area contributed by atoms with Gasteiger partial charge in [0.15, 0.2) is 5.58 Å². The zero-order valence-electron chi connectivity index (χ0n) is 8.29. The van der Waals surface area contributed by atoms with Crippen molar-refractivity contribution in [1.82, 2.24) is 4.98 Å². The summed E-state index contributed by atoms with van der Waals surface area (Å²) in [6, 6.07) is 11.4. The van der Waals surface area contributed by atoms with E-state index in [9.17, 15) is 0 Å². The maximum atomic E-state index is 9.00. The summed E-state index contributed by atoms with van der Waals surface area (Å²) in [5, 5.41) is 20.0. The van der Waals surface area contributed by atoms with Crippen LogP contribution in [0.5, 0.6) is 0 Å². The molecule has 4 nitrogen and oxygen atoms in total. The first-order chi connectivity index (χ1) is 7.75. The fourth-order valence-electron chi connectivity index (χ4n) is 1.79. The van der Waals surface area contributed by atoms with Crippen molar-refractivity contribution in [3.8, 4) is 0 Å². The summed E-state index contributed by atoms with van der Waals surface area (Å²) in [5.41, 5.74) is 1.21.